The second kappa shape index (κ2) is 7.23. The van der Waals surface area contributed by atoms with E-state index in [1.165, 1.54) is 13.2 Å². The number of methoxy groups -OCH3 is 1. The normalized spacial score (nSPS) is 32.0. The van der Waals surface area contributed by atoms with E-state index in [0.717, 1.165) is 0 Å². The number of ether oxygens (including phenoxy) is 3. The molecule has 0 aliphatic carbocycles. The van der Waals surface area contributed by atoms with E-state index in [-0.39, 0.29) is 19.0 Å². The van der Waals surface area contributed by atoms with Gasteiger partial charge in [-0.1, -0.05) is 6.07 Å². The lowest BCUT2D eigenvalue weighted by Crippen LogP contribution is -2.58. The Balaban J connectivity index is 1.87. The maximum Gasteiger partial charge on any atom is 0.184 e. The molecular weight excluding hydrogens is 296 g/mol. The van der Waals surface area contributed by atoms with Crippen LogP contribution in [0.15, 0.2) is 18.2 Å². The summed E-state index contributed by atoms with van der Waals surface area (Å²) in [6, 6.07) is 4.76. The fourth-order valence-corrected chi connectivity index (χ4v) is 2.19. The summed E-state index contributed by atoms with van der Waals surface area (Å²) in [5.74, 6) is 0.321. The minimum atomic E-state index is -1.59. The molecule has 1 aliphatic heterocycles. The third kappa shape index (κ3) is 3.67. The number of aliphatic hydroxyl groups excluding tert-OH is 4. The molecule has 0 radical (unpaired) electrons. The summed E-state index contributed by atoms with van der Waals surface area (Å²) in [7, 11) is 1.44. The van der Waals surface area contributed by atoms with Gasteiger partial charge in [-0.25, -0.2) is 0 Å². The minimum absolute atomic E-state index is 0.0217. The molecule has 8 heteroatoms. The lowest BCUT2D eigenvalue weighted by molar-refractivity contribution is -0.289. The minimum Gasteiger partial charge on any atom is -0.504 e. The summed E-state index contributed by atoms with van der Waals surface area (Å²) < 4.78 is 15.3. The maximum absolute atomic E-state index is 9.75. The monoisotopic (exact) mass is 316 g/mol. The van der Waals surface area contributed by atoms with Crippen LogP contribution in [0, 0.1) is 0 Å². The first-order valence-electron chi connectivity index (χ1n) is 6.75. The molecule has 0 aromatic heterocycles. The molecule has 8 nitrogen and oxygen atoms in total. The molecule has 0 saturated carbocycles. The molecule has 2 rings (SSSR count). The Morgan fingerprint density at radius 3 is 2.45 bits per heavy atom. The highest BCUT2D eigenvalue weighted by molar-refractivity contribution is 5.41. The predicted octanol–water partition coefficient (Wildman–Crippen LogP) is -1.28. The highest BCUT2D eigenvalue weighted by Gasteiger charge is 2.42. The number of aliphatic hydroxyl groups is 4. The van der Waals surface area contributed by atoms with Crippen LogP contribution in [0.25, 0.3) is 0 Å². The molecule has 5 atom stereocenters. The smallest absolute Gasteiger partial charge is 0.184 e. The van der Waals surface area contributed by atoms with Crippen LogP contribution in [-0.4, -0.2) is 70.0 Å². The Morgan fingerprint density at radius 1 is 1.09 bits per heavy atom. The van der Waals surface area contributed by atoms with Crippen molar-refractivity contribution in [3.63, 3.8) is 0 Å². The number of phenolic OH excluding ortho intramolecular Hbond substituents is 1. The van der Waals surface area contributed by atoms with Gasteiger partial charge in [-0.2, -0.15) is 0 Å². The third-order valence-corrected chi connectivity index (χ3v) is 3.48. The van der Waals surface area contributed by atoms with Crippen LogP contribution in [-0.2, 0) is 16.1 Å². The second-order valence-corrected chi connectivity index (χ2v) is 5.06. The number of aromatic hydroxyl groups is 1. The zero-order valence-corrected chi connectivity index (χ0v) is 12.0. The zero-order valence-electron chi connectivity index (χ0n) is 12.0. The number of rotatable bonds is 5. The van der Waals surface area contributed by atoms with Gasteiger partial charge in [-0.05, 0) is 17.7 Å². The molecule has 0 amide bonds. The topological polar surface area (TPSA) is 129 Å². The van der Waals surface area contributed by atoms with Gasteiger partial charge in [0, 0.05) is 0 Å². The van der Waals surface area contributed by atoms with Crippen molar-refractivity contribution in [3.05, 3.63) is 23.8 Å². The van der Waals surface area contributed by atoms with Gasteiger partial charge in [-0.15, -0.1) is 0 Å². The van der Waals surface area contributed by atoms with Crippen molar-refractivity contribution in [2.75, 3.05) is 13.7 Å². The molecular formula is C14H20O8. The zero-order chi connectivity index (χ0) is 16.3. The quantitative estimate of drug-likeness (QED) is 0.454. The van der Waals surface area contributed by atoms with Crippen molar-refractivity contribution < 1.29 is 39.7 Å². The molecule has 124 valence electrons. The Bertz CT molecular complexity index is 494. The Labute approximate surface area is 127 Å². The SMILES string of the molecule is COc1ccc(COC[C@H]2O[C@H](O)[C@H](O)[C@@H](O)[C@@H]2O)cc1O. The number of benzene rings is 1. The van der Waals surface area contributed by atoms with Crippen LogP contribution in [0.4, 0.5) is 0 Å². The van der Waals surface area contributed by atoms with Gasteiger partial charge in [0.2, 0.25) is 0 Å². The van der Waals surface area contributed by atoms with E-state index in [1.807, 2.05) is 0 Å². The molecule has 1 heterocycles. The summed E-state index contributed by atoms with van der Waals surface area (Å²) in [5.41, 5.74) is 0.671. The van der Waals surface area contributed by atoms with E-state index in [1.54, 1.807) is 12.1 Å². The fourth-order valence-electron chi connectivity index (χ4n) is 2.19. The van der Waals surface area contributed by atoms with E-state index in [9.17, 15) is 25.5 Å². The van der Waals surface area contributed by atoms with Crippen molar-refractivity contribution in [2.24, 2.45) is 0 Å². The van der Waals surface area contributed by atoms with Gasteiger partial charge in [0.05, 0.1) is 20.3 Å². The molecule has 0 bridgehead atoms. The van der Waals surface area contributed by atoms with Crippen molar-refractivity contribution in [2.45, 2.75) is 37.3 Å². The lowest BCUT2D eigenvalue weighted by atomic mass is 9.99. The van der Waals surface area contributed by atoms with Crippen LogP contribution < -0.4 is 4.74 Å². The first kappa shape index (κ1) is 16.9. The first-order chi connectivity index (χ1) is 10.4. The Morgan fingerprint density at radius 2 is 1.82 bits per heavy atom. The van der Waals surface area contributed by atoms with Gasteiger partial charge in [0.15, 0.2) is 17.8 Å². The molecule has 22 heavy (non-hydrogen) atoms. The fraction of sp³-hybridized carbons (Fsp3) is 0.571. The van der Waals surface area contributed by atoms with Gasteiger partial charge in [-0.3, -0.25) is 0 Å². The lowest BCUT2D eigenvalue weighted by Gasteiger charge is -2.38. The first-order valence-corrected chi connectivity index (χ1v) is 6.75. The summed E-state index contributed by atoms with van der Waals surface area (Å²) >= 11 is 0. The molecule has 0 spiro atoms. The standard InChI is InChI=1S/C14H20O8/c1-20-9-3-2-7(4-8(9)15)5-21-6-10-11(16)12(17)13(18)14(19)22-10/h2-4,10-19H,5-6H2,1H3/t10-,11-,12+,13-,14+/m1/s1. The van der Waals surface area contributed by atoms with Crippen molar-refractivity contribution in [3.8, 4) is 11.5 Å². The van der Waals surface area contributed by atoms with E-state index >= 15 is 0 Å². The number of phenols is 1. The highest BCUT2D eigenvalue weighted by Crippen LogP contribution is 2.26. The van der Waals surface area contributed by atoms with Gasteiger partial charge >= 0.3 is 0 Å². The molecule has 1 aromatic carbocycles. The van der Waals surface area contributed by atoms with Crippen molar-refractivity contribution in [1.82, 2.24) is 0 Å². The molecule has 1 fully saturated rings. The summed E-state index contributed by atoms with van der Waals surface area (Å²) in [4.78, 5) is 0. The average Bonchev–Trinajstić information content (AvgIpc) is 2.50. The average molecular weight is 316 g/mol. The van der Waals surface area contributed by atoms with Gasteiger partial charge in [0.1, 0.15) is 24.4 Å². The second-order valence-electron chi connectivity index (χ2n) is 5.06. The van der Waals surface area contributed by atoms with Crippen molar-refractivity contribution in [1.29, 1.82) is 0 Å². The third-order valence-electron chi connectivity index (χ3n) is 3.48. The Kier molecular flexibility index (Phi) is 5.57. The molecule has 0 unspecified atom stereocenters. The summed E-state index contributed by atoms with van der Waals surface area (Å²) in [6.07, 6.45) is -7.01. The van der Waals surface area contributed by atoms with E-state index < -0.39 is 30.7 Å². The molecule has 1 saturated heterocycles. The molecule has 1 aromatic rings. The Hall–Kier alpha value is -1.42. The summed E-state index contributed by atoms with van der Waals surface area (Å²) in [5, 5.41) is 47.7. The predicted molar refractivity (Wildman–Crippen MR) is 73.2 cm³/mol. The largest absolute Gasteiger partial charge is 0.504 e. The number of hydrogen-bond acceptors (Lipinski definition) is 8. The van der Waals surface area contributed by atoms with Gasteiger partial charge in [0.25, 0.3) is 0 Å². The van der Waals surface area contributed by atoms with E-state index in [4.69, 9.17) is 14.2 Å². The van der Waals surface area contributed by atoms with Crippen LogP contribution in [0.1, 0.15) is 5.56 Å². The van der Waals surface area contributed by atoms with E-state index in [0.29, 0.717) is 11.3 Å². The molecule has 5 N–H and O–H groups in total. The number of hydrogen-bond donors (Lipinski definition) is 5. The maximum atomic E-state index is 9.75. The highest BCUT2D eigenvalue weighted by atomic mass is 16.6. The van der Waals surface area contributed by atoms with Crippen LogP contribution in [0.2, 0.25) is 0 Å². The van der Waals surface area contributed by atoms with Crippen LogP contribution in [0.5, 0.6) is 11.5 Å². The van der Waals surface area contributed by atoms with E-state index in [2.05, 4.69) is 0 Å². The van der Waals surface area contributed by atoms with Crippen LogP contribution >= 0.6 is 0 Å². The van der Waals surface area contributed by atoms with Crippen molar-refractivity contribution >= 4 is 0 Å². The van der Waals surface area contributed by atoms with Crippen LogP contribution in [0.3, 0.4) is 0 Å². The molecule has 1 aliphatic rings. The van der Waals surface area contributed by atoms with Gasteiger partial charge < -0.3 is 39.7 Å². The summed E-state index contributed by atoms with van der Waals surface area (Å²) in [6.45, 7) is 0.0215.